The van der Waals surface area contributed by atoms with Crippen molar-refractivity contribution in [2.45, 2.75) is 33.1 Å². The lowest BCUT2D eigenvalue weighted by Gasteiger charge is -2.05. The summed E-state index contributed by atoms with van der Waals surface area (Å²) in [5.74, 6) is -1.05. The molecule has 2 amide bonds. The Kier molecular flexibility index (Phi) is 5.11. The van der Waals surface area contributed by atoms with Crippen LogP contribution in [0.2, 0.25) is 0 Å². The molecule has 0 aliphatic heterocycles. The molecule has 0 unspecified atom stereocenters. The largest absolute Gasteiger partial charge is 0.292 e. The number of nitrogens with one attached hydrogen (secondary N) is 1. The van der Waals surface area contributed by atoms with Crippen LogP contribution >= 0.6 is 0 Å². The van der Waals surface area contributed by atoms with Crippen LogP contribution in [-0.2, 0) is 4.79 Å². The van der Waals surface area contributed by atoms with E-state index in [2.05, 4.69) is 10.3 Å². The molecule has 0 bridgehead atoms. The first-order chi connectivity index (χ1) is 8.95. The van der Waals surface area contributed by atoms with Gasteiger partial charge in [-0.1, -0.05) is 13.3 Å². The minimum absolute atomic E-state index is 0.0408. The second-order valence-corrected chi connectivity index (χ2v) is 4.06. The molecule has 1 aromatic heterocycles. The van der Waals surface area contributed by atoms with Gasteiger partial charge in [0.25, 0.3) is 11.6 Å². The monoisotopic (exact) mass is 265 g/mol. The van der Waals surface area contributed by atoms with Crippen molar-refractivity contribution in [1.82, 2.24) is 10.3 Å². The number of nitrogens with zero attached hydrogens (tertiary/aromatic N) is 2. The van der Waals surface area contributed by atoms with Crippen LogP contribution in [0.15, 0.2) is 12.3 Å². The van der Waals surface area contributed by atoms with Crippen LogP contribution in [0.25, 0.3) is 0 Å². The molecule has 1 aromatic rings. The van der Waals surface area contributed by atoms with E-state index in [1.807, 2.05) is 6.92 Å². The van der Waals surface area contributed by atoms with Crippen molar-refractivity contribution in [3.8, 4) is 0 Å². The molecule has 0 radical (unpaired) electrons. The smallest absolute Gasteiger partial charge is 0.288 e. The van der Waals surface area contributed by atoms with Gasteiger partial charge in [0, 0.05) is 12.5 Å². The molecule has 0 atom stereocenters. The van der Waals surface area contributed by atoms with E-state index in [1.165, 1.54) is 0 Å². The molecule has 102 valence electrons. The van der Waals surface area contributed by atoms with Crippen molar-refractivity contribution in [1.29, 1.82) is 0 Å². The zero-order chi connectivity index (χ0) is 14.4. The van der Waals surface area contributed by atoms with Gasteiger partial charge in [0.1, 0.15) is 6.20 Å². The van der Waals surface area contributed by atoms with E-state index in [0.717, 1.165) is 18.7 Å². The second-order valence-electron chi connectivity index (χ2n) is 4.06. The first kappa shape index (κ1) is 14.7. The first-order valence-corrected chi connectivity index (χ1v) is 5.91. The van der Waals surface area contributed by atoms with Gasteiger partial charge in [-0.25, -0.2) is 0 Å². The standard InChI is InChI=1S/C12H15N3O4/c1-3-4-5-11(16)14-12(17)10-6-9(15(18)19)7-13-8(10)2/h6-7H,3-5H2,1-2H3,(H,14,16,17). The summed E-state index contributed by atoms with van der Waals surface area (Å²) >= 11 is 0. The number of unbranched alkanes of at least 4 members (excludes halogenated alkanes) is 1. The summed E-state index contributed by atoms with van der Waals surface area (Å²) in [4.78, 5) is 37.0. The van der Waals surface area contributed by atoms with Gasteiger partial charge < -0.3 is 0 Å². The number of amides is 2. The zero-order valence-corrected chi connectivity index (χ0v) is 10.8. The third-order valence-electron chi connectivity index (χ3n) is 2.54. The van der Waals surface area contributed by atoms with Crippen molar-refractivity contribution in [3.05, 3.63) is 33.6 Å². The molecule has 7 heteroatoms. The van der Waals surface area contributed by atoms with Crippen molar-refractivity contribution >= 4 is 17.5 Å². The topological polar surface area (TPSA) is 102 Å². The lowest BCUT2D eigenvalue weighted by Crippen LogP contribution is -2.30. The molecule has 0 spiro atoms. The van der Waals surface area contributed by atoms with Gasteiger partial charge in [-0.15, -0.1) is 0 Å². The molecule has 7 nitrogen and oxygen atoms in total. The molecule has 19 heavy (non-hydrogen) atoms. The van der Waals surface area contributed by atoms with E-state index in [9.17, 15) is 19.7 Å². The van der Waals surface area contributed by atoms with Crippen LogP contribution in [0, 0.1) is 17.0 Å². The SMILES string of the molecule is CCCCC(=O)NC(=O)c1cc([N+](=O)[O-])cnc1C. The number of carbonyl (C=O) groups is 2. The van der Waals surface area contributed by atoms with Crippen LogP contribution in [0.1, 0.15) is 42.2 Å². The predicted octanol–water partition coefficient (Wildman–Crippen LogP) is 1.74. The molecular weight excluding hydrogens is 250 g/mol. The fourth-order valence-corrected chi connectivity index (χ4v) is 1.45. The Morgan fingerprint density at radius 2 is 2.16 bits per heavy atom. The third kappa shape index (κ3) is 4.13. The molecular formula is C12H15N3O4. The van der Waals surface area contributed by atoms with Crippen molar-refractivity contribution in [3.63, 3.8) is 0 Å². The van der Waals surface area contributed by atoms with Crippen LogP contribution < -0.4 is 5.32 Å². The van der Waals surface area contributed by atoms with E-state index in [-0.39, 0.29) is 17.7 Å². The summed E-state index contributed by atoms with van der Waals surface area (Å²) in [5.41, 5.74) is 0.0993. The number of rotatable bonds is 5. The summed E-state index contributed by atoms with van der Waals surface area (Å²) in [5, 5.41) is 12.8. The number of hydrogen-bond acceptors (Lipinski definition) is 5. The highest BCUT2D eigenvalue weighted by Gasteiger charge is 2.17. The summed E-state index contributed by atoms with van der Waals surface area (Å²) in [6.45, 7) is 3.49. The molecule has 1 rings (SSSR count). The molecule has 0 saturated heterocycles. The summed E-state index contributed by atoms with van der Waals surface area (Å²) in [6.07, 6.45) is 2.86. The molecule has 0 aromatic carbocycles. The minimum Gasteiger partial charge on any atom is -0.292 e. The fourth-order valence-electron chi connectivity index (χ4n) is 1.45. The number of pyridine rings is 1. The molecule has 1 N–H and O–H groups in total. The van der Waals surface area contributed by atoms with Crippen molar-refractivity contribution < 1.29 is 14.5 Å². The van der Waals surface area contributed by atoms with E-state index >= 15 is 0 Å². The molecule has 0 fully saturated rings. The Hall–Kier alpha value is -2.31. The highest BCUT2D eigenvalue weighted by Crippen LogP contribution is 2.14. The molecule has 0 saturated carbocycles. The lowest BCUT2D eigenvalue weighted by molar-refractivity contribution is -0.385. The van der Waals surface area contributed by atoms with Gasteiger partial charge >= 0.3 is 0 Å². The Bertz CT molecular complexity index is 514. The van der Waals surface area contributed by atoms with Gasteiger partial charge in [0.2, 0.25) is 5.91 Å². The van der Waals surface area contributed by atoms with E-state index in [1.54, 1.807) is 6.92 Å². The number of nitro groups is 1. The van der Waals surface area contributed by atoms with Crippen LogP contribution in [0.4, 0.5) is 5.69 Å². The van der Waals surface area contributed by atoms with Crippen molar-refractivity contribution in [2.24, 2.45) is 0 Å². The van der Waals surface area contributed by atoms with Crippen LogP contribution in [-0.4, -0.2) is 21.7 Å². The Morgan fingerprint density at radius 1 is 1.47 bits per heavy atom. The molecule has 0 aliphatic rings. The van der Waals surface area contributed by atoms with Crippen LogP contribution in [0.5, 0.6) is 0 Å². The van der Waals surface area contributed by atoms with Crippen molar-refractivity contribution in [2.75, 3.05) is 0 Å². The Labute approximate surface area is 110 Å². The number of aryl methyl sites for hydroxylation is 1. The maximum absolute atomic E-state index is 11.8. The fraction of sp³-hybridized carbons (Fsp3) is 0.417. The van der Waals surface area contributed by atoms with Crippen LogP contribution in [0.3, 0.4) is 0 Å². The number of hydrogen-bond donors (Lipinski definition) is 1. The summed E-state index contributed by atoms with van der Waals surface area (Å²) in [7, 11) is 0. The average molecular weight is 265 g/mol. The number of carbonyl (C=O) groups excluding carboxylic acids is 2. The van der Waals surface area contributed by atoms with Gasteiger partial charge in [0.15, 0.2) is 0 Å². The maximum Gasteiger partial charge on any atom is 0.288 e. The maximum atomic E-state index is 11.8. The quantitative estimate of drug-likeness (QED) is 0.645. The zero-order valence-electron chi connectivity index (χ0n) is 10.8. The van der Waals surface area contributed by atoms with E-state index in [4.69, 9.17) is 0 Å². The van der Waals surface area contributed by atoms with Gasteiger partial charge in [-0.3, -0.25) is 30.0 Å². The predicted molar refractivity (Wildman–Crippen MR) is 67.6 cm³/mol. The molecule has 1 heterocycles. The van der Waals surface area contributed by atoms with Gasteiger partial charge in [-0.05, 0) is 13.3 Å². The number of aromatic nitrogens is 1. The van der Waals surface area contributed by atoms with Gasteiger partial charge in [-0.2, -0.15) is 0 Å². The lowest BCUT2D eigenvalue weighted by atomic mass is 10.1. The second kappa shape index (κ2) is 6.58. The Balaban J connectivity index is 2.84. The number of imide groups is 1. The molecule has 0 aliphatic carbocycles. The minimum atomic E-state index is -0.658. The highest BCUT2D eigenvalue weighted by atomic mass is 16.6. The van der Waals surface area contributed by atoms with E-state index < -0.39 is 16.7 Å². The summed E-state index contributed by atoms with van der Waals surface area (Å²) in [6, 6.07) is 1.12. The van der Waals surface area contributed by atoms with E-state index in [0.29, 0.717) is 12.1 Å². The first-order valence-electron chi connectivity index (χ1n) is 5.91. The Morgan fingerprint density at radius 3 is 2.74 bits per heavy atom. The highest BCUT2D eigenvalue weighted by molar-refractivity contribution is 6.05. The van der Waals surface area contributed by atoms with Gasteiger partial charge in [0.05, 0.1) is 16.2 Å². The average Bonchev–Trinajstić information content (AvgIpc) is 2.36. The normalized spacial score (nSPS) is 10.0. The third-order valence-corrected chi connectivity index (χ3v) is 2.54. The summed E-state index contributed by atoms with van der Waals surface area (Å²) < 4.78 is 0.